The molecule has 0 spiro atoms. The summed E-state index contributed by atoms with van der Waals surface area (Å²) in [6.45, 7) is 8.04. The van der Waals surface area contributed by atoms with E-state index in [1.54, 1.807) is 0 Å². The first-order valence-corrected chi connectivity index (χ1v) is 4.25. The highest BCUT2D eigenvalue weighted by Gasteiger charge is 2.26. The highest BCUT2D eigenvalue weighted by Crippen LogP contribution is 2.25. The van der Waals surface area contributed by atoms with Crippen LogP contribution in [0.5, 0.6) is 0 Å². The van der Waals surface area contributed by atoms with Crippen LogP contribution in [-0.4, -0.2) is 5.78 Å². The van der Waals surface area contributed by atoms with Crippen LogP contribution in [-0.2, 0) is 4.79 Å². The van der Waals surface area contributed by atoms with Crippen LogP contribution in [0.4, 0.5) is 0 Å². The summed E-state index contributed by atoms with van der Waals surface area (Å²) in [4.78, 5) is 10.9. The van der Waals surface area contributed by atoms with Crippen LogP contribution in [0.3, 0.4) is 0 Å². The topological polar surface area (TPSA) is 17.1 Å². The van der Waals surface area contributed by atoms with Crippen molar-refractivity contribution in [3.05, 3.63) is 0 Å². The summed E-state index contributed by atoms with van der Waals surface area (Å²) in [6, 6.07) is 0. The quantitative estimate of drug-likeness (QED) is 0.508. The normalized spacial score (nSPS) is 31.4. The molecule has 60 valence electrons. The van der Waals surface area contributed by atoms with Crippen molar-refractivity contribution in [2.45, 2.75) is 40.5 Å². The van der Waals surface area contributed by atoms with Gasteiger partial charge in [0.15, 0.2) is 0 Å². The molecule has 0 bridgehead atoms. The van der Waals surface area contributed by atoms with E-state index < -0.39 is 0 Å². The average Bonchev–Trinajstić information content (AvgIpc) is 2.25. The van der Waals surface area contributed by atoms with Gasteiger partial charge in [0.1, 0.15) is 5.78 Å². The zero-order valence-corrected chi connectivity index (χ0v) is 7.48. The minimum atomic E-state index is 0.352. The molecule has 0 heterocycles. The van der Waals surface area contributed by atoms with Crippen molar-refractivity contribution in [3.8, 4) is 0 Å². The molecular formula is C9H18O. The van der Waals surface area contributed by atoms with E-state index in [0.29, 0.717) is 17.6 Å². The van der Waals surface area contributed by atoms with Gasteiger partial charge in [0.25, 0.3) is 0 Å². The van der Waals surface area contributed by atoms with Gasteiger partial charge in [-0.15, -0.1) is 0 Å². The zero-order valence-electron chi connectivity index (χ0n) is 7.48. The minimum absolute atomic E-state index is 0.352. The largest absolute Gasteiger partial charge is 0.299 e. The van der Waals surface area contributed by atoms with Gasteiger partial charge in [-0.05, 0) is 12.8 Å². The first-order valence-electron chi connectivity index (χ1n) is 4.25. The Hall–Kier alpha value is -0.330. The summed E-state index contributed by atoms with van der Waals surface area (Å²) in [5, 5.41) is 0. The van der Waals surface area contributed by atoms with E-state index in [1.165, 1.54) is 0 Å². The zero-order chi connectivity index (χ0) is 8.15. The van der Waals surface area contributed by atoms with Crippen molar-refractivity contribution in [2.24, 2.45) is 11.8 Å². The van der Waals surface area contributed by atoms with Gasteiger partial charge in [-0.2, -0.15) is 0 Å². The summed E-state index contributed by atoms with van der Waals surface area (Å²) >= 11 is 0. The smallest absolute Gasteiger partial charge is 0.138 e. The van der Waals surface area contributed by atoms with E-state index >= 15 is 0 Å². The molecule has 1 fully saturated rings. The number of rotatable bonds is 0. The Bertz CT molecular complexity index is 95.3. The van der Waals surface area contributed by atoms with E-state index in [0.717, 1.165) is 12.8 Å². The van der Waals surface area contributed by atoms with Gasteiger partial charge in [-0.25, -0.2) is 0 Å². The Morgan fingerprint density at radius 2 is 1.40 bits per heavy atom. The van der Waals surface area contributed by atoms with Crippen molar-refractivity contribution in [1.29, 1.82) is 0 Å². The summed E-state index contributed by atoms with van der Waals surface area (Å²) in [5.74, 6) is 1.17. The van der Waals surface area contributed by atoms with Gasteiger partial charge in [0.2, 0.25) is 0 Å². The number of ketones is 1. The third-order valence-corrected chi connectivity index (χ3v) is 2.00. The van der Waals surface area contributed by atoms with E-state index in [1.807, 2.05) is 27.7 Å². The van der Waals surface area contributed by atoms with Gasteiger partial charge < -0.3 is 0 Å². The molecule has 1 aliphatic rings. The molecule has 0 saturated heterocycles. The van der Waals surface area contributed by atoms with E-state index in [9.17, 15) is 4.79 Å². The molecule has 0 N–H and O–H groups in total. The minimum Gasteiger partial charge on any atom is -0.299 e. The monoisotopic (exact) mass is 142 g/mol. The number of carbonyl (C=O) groups is 1. The number of carbonyl (C=O) groups excluding carboxylic acids is 1. The fourth-order valence-corrected chi connectivity index (χ4v) is 1.27. The van der Waals surface area contributed by atoms with Crippen LogP contribution in [0.2, 0.25) is 0 Å². The van der Waals surface area contributed by atoms with E-state index in [4.69, 9.17) is 0 Å². The van der Waals surface area contributed by atoms with Crippen molar-refractivity contribution in [2.75, 3.05) is 0 Å². The van der Waals surface area contributed by atoms with E-state index in [-0.39, 0.29) is 0 Å². The lowest BCUT2D eigenvalue weighted by atomic mass is 10.1. The standard InChI is InChI=1S/C7H12O.C2H6/c1-5-3-4-6(2)7(5)8;1-2/h5-6H,3-4H2,1-2H3;1-2H3. The van der Waals surface area contributed by atoms with Crippen LogP contribution in [0.1, 0.15) is 40.5 Å². The maximum Gasteiger partial charge on any atom is 0.138 e. The van der Waals surface area contributed by atoms with Crippen molar-refractivity contribution >= 4 is 5.78 Å². The molecule has 1 rings (SSSR count). The lowest BCUT2D eigenvalue weighted by Crippen LogP contribution is -2.07. The SMILES string of the molecule is CC.CC1CCC(C)C1=O. The number of hydrogen-bond donors (Lipinski definition) is 0. The molecule has 1 saturated carbocycles. The van der Waals surface area contributed by atoms with Crippen LogP contribution in [0.25, 0.3) is 0 Å². The van der Waals surface area contributed by atoms with Crippen molar-refractivity contribution in [3.63, 3.8) is 0 Å². The average molecular weight is 142 g/mol. The molecule has 1 aliphatic carbocycles. The number of hydrogen-bond acceptors (Lipinski definition) is 1. The molecule has 1 heteroatoms. The second kappa shape index (κ2) is 4.48. The molecule has 0 aromatic carbocycles. The Morgan fingerprint density at radius 3 is 1.50 bits per heavy atom. The maximum atomic E-state index is 10.9. The second-order valence-electron chi connectivity index (χ2n) is 2.78. The second-order valence-corrected chi connectivity index (χ2v) is 2.78. The Kier molecular flexibility index (Phi) is 4.33. The Labute approximate surface area is 63.8 Å². The predicted molar refractivity (Wildman–Crippen MR) is 43.9 cm³/mol. The number of Topliss-reactive ketones (excluding diaryl/α,β-unsaturated/α-hetero) is 1. The predicted octanol–water partition coefficient (Wildman–Crippen LogP) is 2.65. The third-order valence-electron chi connectivity index (χ3n) is 2.00. The highest BCUT2D eigenvalue weighted by molar-refractivity contribution is 5.84. The molecule has 0 aliphatic heterocycles. The first-order chi connectivity index (χ1) is 4.72. The third kappa shape index (κ3) is 2.13. The molecule has 10 heavy (non-hydrogen) atoms. The van der Waals surface area contributed by atoms with Crippen molar-refractivity contribution < 1.29 is 4.79 Å². The molecule has 1 nitrogen and oxygen atoms in total. The molecule has 0 aromatic rings. The molecule has 0 radical (unpaired) electrons. The molecular weight excluding hydrogens is 124 g/mol. The van der Waals surface area contributed by atoms with Gasteiger partial charge in [-0.3, -0.25) is 4.79 Å². The summed E-state index contributed by atoms with van der Waals surface area (Å²) in [5.41, 5.74) is 0. The first kappa shape index (κ1) is 9.67. The van der Waals surface area contributed by atoms with Crippen LogP contribution >= 0.6 is 0 Å². The Morgan fingerprint density at radius 1 is 1.10 bits per heavy atom. The maximum absolute atomic E-state index is 10.9. The lowest BCUT2D eigenvalue weighted by Gasteiger charge is -1.96. The van der Waals surface area contributed by atoms with Crippen LogP contribution in [0, 0.1) is 11.8 Å². The lowest BCUT2D eigenvalue weighted by molar-refractivity contribution is -0.122. The van der Waals surface area contributed by atoms with Gasteiger partial charge >= 0.3 is 0 Å². The highest BCUT2D eigenvalue weighted by atomic mass is 16.1. The molecule has 2 unspecified atom stereocenters. The van der Waals surface area contributed by atoms with Crippen LogP contribution in [0.15, 0.2) is 0 Å². The summed E-state index contributed by atoms with van der Waals surface area (Å²) in [6.07, 6.45) is 2.22. The van der Waals surface area contributed by atoms with Crippen LogP contribution < -0.4 is 0 Å². The fourth-order valence-electron chi connectivity index (χ4n) is 1.27. The summed E-state index contributed by atoms with van der Waals surface area (Å²) < 4.78 is 0. The fraction of sp³-hybridized carbons (Fsp3) is 0.889. The molecule has 2 atom stereocenters. The van der Waals surface area contributed by atoms with E-state index in [2.05, 4.69) is 0 Å². The molecule has 0 aromatic heterocycles. The van der Waals surface area contributed by atoms with Gasteiger partial charge in [0, 0.05) is 11.8 Å². The van der Waals surface area contributed by atoms with Gasteiger partial charge in [-0.1, -0.05) is 27.7 Å². The Balaban J connectivity index is 0.000000371. The van der Waals surface area contributed by atoms with Gasteiger partial charge in [0.05, 0.1) is 0 Å². The summed E-state index contributed by atoms with van der Waals surface area (Å²) in [7, 11) is 0. The van der Waals surface area contributed by atoms with Crippen molar-refractivity contribution in [1.82, 2.24) is 0 Å². The molecule has 0 amide bonds.